The Morgan fingerprint density at radius 3 is 2.40 bits per heavy atom. The SMILES string of the molecule is CCNC(=NCc1ccc(C(F)(F)F)cc1)NCc1ncnn1C.I. The lowest BCUT2D eigenvalue weighted by Crippen LogP contribution is -2.37. The minimum Gasteiger partial charge on any atom is -0.357 e. The van der Waals surface area contributed by atoms with E-state index in [2.05, 4.69) is 25.7 Å². The number of guanidine groups is 1. The normalized spacial score (nSPS) is 11.8. The first-order valence-corrected chi connectivity index (χ1v) is 7.41. The molecule has 2 N–H and O–H groups in total. The van der Waals surface area contributed by atoms with E-state index in [4.69, 9.17) is 0 Å². The molecule has 25 heavy (non-hydrogen) atoms. The molecule has 1 aromatic carbocycles. The summed E-state index contributed by atoms with van der Waals surface area (Å²) in [5.74, 6) is 1.30. The smallest absolute Gasteiger partial charge is 0.357 e. The van der Waals surface area contributed by atoms with Crippen molar-refractivity contribution in [3.63, 3.8) is 0 Å². The van der Waals surface area contributed by atoms with Crippen LogP contribution in [0.25, 0.3) is 0 Å². The molecule has 0 radical (unpaired) electrons. The molecule has 1 heterocycles. The van der Waals surface area contributed by atoms with Gasteiger partial charge in [-0.25, -0.2) is 9.98 Å². The third-order valence-corrected chi connectivity index (χ3v) is 3.26. The van der Waals surface area contributed by atoms with E-state index in [-0.39, 0.29) is 30.5 Å². The van der Waals surface area contributed by atoms with Crippen LogP contribution in [0.2, 0.25) is 0 Å². The van der Waals surface area contributed by atoms with Crippen molar-refractivity contribution in [2.24, 2.45) is 12.0 Å². The summed E-state index contributed by atoms with van der Waals surface area (Å²) in [5, 5.41) is 10.2. The van der Waals surface area contributed by atoms with E-state index in [9.17, 15) is 13.2 Å². The highest BCUT2D eigenvalue weighted by atomic mass is 127. The summed E-state index contributed by atoms with van der Waals surface area (Å²) < 4.78 is 39.3. The maximum atomic E-state index is 12.5. The van der Waals surface area contributed by atoms with Crippen molar-refractivity contribution in [3.05, 3.63) is 47.5 Å². The molecule has 2 aromatic rings. The Morgan fingerprint density at radius 2 is 1.88 bits per heavy atom. The fourth-order valence-electron chi connectivity index (χ4n) is 1.95. The van der Waals surface area contributed by atoms with Gasteiger partial charge in [0.1, 0.15) is 12.2 Å². The quantitative estimate of drug-likeness (QED) is 0.403. The van der Waals surface area contributed by atoms with Crippen molar-refractivity contribution in [1.82, 2.24) is 25.4 Å². The second-order valence-electron chi connectivity index (χ2n) is 5.04. The van der Waals surface area contributed by atoms with Gasteiger partial charge in [-0.05, 0) is 24.6 Å². The van der Waals surface area contributed by atoms with Crippen LogP contribution < -0.4 is 10.6 Å². The van der Waals surface area contributed by atoms with E-state index in [1.54, 1.807) is 11.7 Å². The van der Waals surface area contributed by atoms with Gasteiger partial charge >= 0.3 is 6.18 Å². The van der Waals surface area contributed by atoms with Gasteiger partial charge in [-0.1, -0.05) is 12.1 Å². The molecular weight excluding hydrogens is 448 g/mol. The van der Waals surface area contributed by atoms with Crippen LogP contribution in [0.1, 0.15) is 23.9 Å². The molecule has 10 heteroatoms. The van der Waals surface area contributed by atoms with E-state index in [1.807, 2.05) is 6.92 Å². The van der Waals surface area contributed by atoms with Crippen LogP contribution in [0.5, 0.6) is 0 Å². The van der Waals surface area contributed by atoms with Gasteiger partial charge in [-0.15, -0.1) is 24.0 Å². The maximum Gasteiger partial charge on any atom is 0.416 e. The minimum absolute atomic E-state index is 0. The highest BCUT2D eigenvalue weighted by molar-refractivity contribution is 14.0. The standard InChI is InChI=1S/C15H19F3N6.HI/c1-3-19-14(21-9-13-22-10-23-24(13)2)20-8-11-4-6-12(7-5-11)15(16,17)18;/h4-7,10H,3,8-9H2,1-2H3,(H2,19,20,21);1H. The number of aliphatic imine (C=N–C) groups is 1. The van der Waals surface area contributed by atoms with Crippen LogP contribution in [-0.4, -0.2) is 27.3 Å². The Labute approximate surface area is 161 Å². The third-order valence-electron chi connectivity index (χ3n) is 3.26. The third kappa shape index (κ3) is 6.52. The molecule has 0 saturated carbocycles. The monoisotopic (exact) mass is 468 g/mol. The molecule has 0 aliphatic carbocycles. The van der Waals surface area contributed by atoms with E-state index in [0.29, 0.717) is 24.6 Å². The lowest BCUT2D eigenvalue weighted by Gasteiger charge is -2.11. The predicted octanol–water partition coefficient (Wildman–Crippen LogP) is 2.71. The van der Waals surface area contributed by atoms with Gasteiger partial charge in [0.05, 0.1) is 18.7 Å². The van der Waals surface area contributed by atoms with Gasteiger partial charge in [-0.2, -0.15) is 18.3 Å². The predicted molar refractivity (Wildman–Crippen MR) is 99.5 cm³/mol. The van der Waals surface area contributed by atoms with Crippen LogP contribution in [0.3, 0.4) is 0 Å². The van der Waals surface area contributed by atoms with E-state index >= 15 is 0 Å². The first-order chi connectivity index (χ1) is 11.4. The highest BCUT2D eigenvalue weighted by Crippen LogP contribution is 2.29. The summed E-state index contributed by atoms with van der Waals surface area (Å²) >= 11 is 0. The largest absolute Gasteiger partial charge is 0.416 e. The average Bonchev–Trinajstić information content (AvgIpc) is 2.95. The van der Waals surface area contributed by atoms with Gasteiger partial charge in [0.25, 0.3) is 0 Å². The van der Waals surface area contributed by atoms with Crippen LogP contribution in [-0.2, 0) is 26.3 Å². The van der Waals surface area contributed by atoms with Gasteiger partial charge in [0, 0.05) is 13.6 Å². The van der Waals surface area contributed by atoms with E-state index in [0.717, 1.165) is 18.0 Å². The Kier molecular flexibility index (Phi) is 8.13. The summed E-state index contributed by atoms with van der Waals surface area (Å²) in [5.41, 5.74) is 0.0291. The fourth-order valence-corrected chi connectivity index (χ4v) is 1.95. The number of aromatic nitrogens is 3. The summed E-state index contributed by atoms with van der Waals surface area (Å²) in [4.78, 5) is 8.46. The molecule has 0 fully saturated rings. The number of benzene rings is 1. The summed E-state index contributed by atoms with van der Waals surface area (Å²) in [6, 6.07) is 4.98. The van der Waals surface area contributed by atoms with Gasteiger partial charge in [0.15, 0.2) is 5.96 Å². The molecular formula is C15H20F3IN6. The Bertz CT molecular complexity index is 681. The van der Waals surface area contributed by atoms with Crippen LogP contribution in [0, 0.1) is 0 Å². The van der Waals surface area contributed by atoms with Crippen LogP contribution >= 0.6 is 24.0 Å². The van der Waals surface area contributed by atoms with Crippen molar-refractivity contribution in [2.45, 2.75) is 26.2 Å². The average molecular weight is 468 g/mol. The zero-order valence-corrected chi connectivity index (χ0v) is 16.2. The number of aryl methyl sites for hydroxylation is 1. The highest BCUT2D eigenvalue weighted by Gasteiger charge is 2.29. The topological polar surface area (TPSA) is 67.1 Å². The van der Waals surface area contributed by atoms with Gasteiger partial charge in [-0.3, -0.25) is 4.68 Å². The number of alkyl halides is 3. The lowest BCUT2D eigenvalue weighted by atomic mass is 10.1. The second-order valence-corrected chi connectivity index (χ2v) is 5.04. The summed E-state index contributed by atoms with van der Waals surface area (Å²) in [6.45, 7) is 3.30. The molecule has 0 saturated heterocycles. The summed E-state index contributed by atoms with van der Waals surface area (Å²) in [6.07, 6.45) is -2.86. The molecule has 0 aliphatic rings. The lowest BCUT2D eigenvalue weighted by molar-refractivity contribution is -0.137. The molecule has 0 unspecified atom stereocenters. The molecule has 6 nitrogen and oxygen atoms in total. The molecule has 0 bridgehead atoms. The number of nitrogens with one attached hydrogen (secondary N) is 2. The fraction of sp³-hybridized carbons (Fsp3) is 0.400. The van der Waals surface area contributed by atoms with Crippen LogP contribution in [0.4, 0.5) is 13.2 Å². The van der Waals surface area contributed by atoms with Crippen molar-refractivity contribution in [2.75, 3.05) is 6.54 Å². The number of halogens is 4. The van der Waals surface area contributed by atoms with Crippen LogP contribution in [0.15, 0.2) is 35.6 Å². The zero-order chi connectivity index (χ0) is 17.6. The van der Waals surface area contributed by atoms with Crippen molar-refractivity contribution in [1.29, 1.82) is 0 Å². The molecule has 0 aliphatic heterocycles. The Morgan fingerprint density at radius 1 is 1.20 bits per heavy atom. The number of hydrogen-bond acceptors (Lipinski definition) is 3. The van der Waals surface area contributed by atoms with Crippen molar-refractivity contribution < 1.29 is 13.2 Å². The van der Waals surface area contributed by atoms with Crippen molar-refractivity contribution >= 4 is 29.9 Å². The maximum absolute atomic E-state index is 12.5. The minimum atomic E-state index is -4.33. The Hall–Kier alpha value is -1.85. The van der Waals surface area contributed by atoms with Crippen molar-refractivity contribution in [3.8, 4) is 0 Å². The molecule has 0 spiro atoms. The van der Waals surface area contributed by atoms with Gasteiger partial charge < -0.3 is 10.6 Å². The van der Waals surface area contributed by atoms with E-state index < -0.39 is 11.7 Å². The number of rotatable bonds is 5. The Balaban J connectivity index is 0.00000312. The molecule has 138 valence electrons. The molecule has 0 atom stereocenters. The summed E-state index contributed by atoms with van der Waals surface area (Å²) in [7, 11) is 1.79. The molecule has 0 amide bonds. The van der Waals surface area contributed by atoms with E-state index in [1.165, 1.54) is 18.5 Å². The molecule has 2 rings (SSSR count). The first-order valence-electron chi connectivity index (χ1n) is 7.41. The molecule has 1 aromatic heterocycles. The second kappa shape index (κ2) is 9.59. The first kappa shape index (κ1) is 21.2. The number of hydrogen-bond donors (Lipinski definition) is 2. The number of nitrogens with zero attached hydrogens (tertiary/aromatic N) is 4. The van der Waals surface area contributed by atoms with Gasteiger partial charge in [0.2, 0.25) is 0 Å². The zero-order valence-electron chi connectivity index (χ0n) is 13.8.